The van der Waals surface area contributed by atoms with Crippen LogP contribution in [0.3, 0.4) is 0 Å². The molecule has 0 aromatic heterocycles. The first kappa shape index (κ1) is 25.8. The van der Waals surface area contributed by atoms with Crippen molar-refractivity contribution in [2.45, 2.75) is 23.6 Å². The fourth-order valence-corrected chi connectivity index (χ4v) is 7.21. The molecule has 1 aliphatic heterocycles. The fraction of sp³-hybridized carbons (Fsp3) is 0.429. The molecule has 0 aliphatic carbocycles. The lowest BCUT2D eigenvalue weighted by atomic mass is 10.2. The van der Waals surface area contributed by atoms with Crippen molar-refractivity contribution in [1.29, 1.82) is 0 Å². The summed E-state index contributed by atoms with van der Waals surface area (Å²) < 4.78 is 81.1. The summed E-state index contributed by atoms with van der Waals surface area (Å²) in [5, 5.41) is 0. The molecular weight excluding hydrogens is 486 g/mol. The van der Waals surface area contributed by atoms with Crippen molar-refractivity contribution >= 4 is 30.1 Å². The summed E-state index contributed by atoms with van der Waals surface area (Å²) in [5.74, 6) is 0. The second-order valence-corrected chi connectivity index (χ2v) is 14.0. The van der Waals surface area contributed by atoms with Gasteiger partial charge in [-0.05, 0) is 38.1 Å². The molecule has 0 atom stereocenters. The molecular formula is C21H29N3O6S3. The minimum atomic E-state index is -3.95. The van der Waals surface area contributed by atoms with Gasteiger partial charge in [-0.15, -0.1) is 0 Å². The van der Waals surface area contributed by atoms with Crippen molar-refractivity contribution in [1.82, 2.24) is 12.9 Å². The Labute approximate surface area is 196 Å². The van der Waals surface area contributed by atoms with Gasteiger partial charge in [0.05, 0.1) is 16.0 Å². The van der Waals surface area contributed by atoms with E-state index in [0.717, 1.165) is 30.3 Å². The second kappa shape index (κ2) is 9.80. The molecule has 33 heavy (non-hydrogen) atoms. The molecule has 0 bridgehead atoms. The Kier molecular flexibility index (Phi) is 7.66. The van der Waals surface area contributed by atoms with Crippen molar-refractivity contribution in [3.8, 4) is 0 Å². The number of hydrogen-bond donors (Lipinski definition) is 0. The van der Waals surface area contributed by atoms with Crippen molar-refractivity contribution in [2.75, 3.05) is 45.5 Å². The smallest absolute Gasteiger partial charge is 0.213 e. The van der Waals surface area contributed by atoms with Crippen LogP contribution in [0.15, 0.2) is 58.3 Å². The predicted molar refractivity (Wildman–Crippen MR) is 126 cm³/mol. The van der Waals surface area contributed by atoms with Gasteiger partial charge < -0.3 is 0 Å². The maximum atomic E-state index is 13.3. The van der Waals surface area contributed by atoms with Crippen LogP contribution in [0.25, 0.3) is 0 Å². The highest BCUT2D eigenvalue weighted by Crippen LogP contribution is 2.21. The molecule has 0 amide bonds. The SMILES string of the molecule is Cc1ccc(S(=O)(=O)N2CCN(S(C)(=O)=O)CCN(S(=O)(=O)c3ccc(C)cc3)CC2)cc1. The highest BCUT2D eigenvalue weighted by atomic mass is 32.2. The minimum Gasteiger partial charge on any atom is -0.213 e. The molecule has 12 heteroatoms. The summed E-state index contributed by atoms with van der Waals surface area (Å²) in [4.78, 5) is 0.150. The molecule has 182 valence electrons. The van der Waals surface area contributed by atoms with Gasteiger partial charge in [-0.2, -0.15) is 12.9 Å². The Morgan fingerprint density at radius 2 is 0.788 bits per heavy atom. The molecule has 9 nitrogen and oxygen atoms in total. The Balaban J connectivity index is 1.97. The Hall–Kier alpha value is -1.83. The highest BCUT2D eigenvalue weighted by molar-refractivity contribution is 7.89. The lowest BCUT2D eigenvalue weighted by Crippen LogP contribution is -2.41. The van der Waals surface area contributed by atoms with Crippen molar-refractivity contribution in [3.63, 3.8) is 0 Å². The van der Waals surface area contributed by atoms with Crippen LogP contribution in [-0.2, 0) is 30.1 Å². The van der Waals surface area contributed by atoms with Gasteiger partial charge in [-0.1, -0.05) is 35.4 Å². The summed E-state index contributed by atoms with van der Waals surface area (Å²) in [7, 11) is -11.6. The first-order valence-corrected chi connectivity index (χ1v) is 15.1. The van der Waals surface area contributed by atoms with Crippen LogP contribution in [0.1, 0.15) is 11.1 Å². The third-order valence-corrected chi connectivity index (χ3v) is 10.7. The molecule has 0 N–H and O–H groups in total. The van der Waals surface area contributed by atoms with Gasteiger partial charge in [-0.25, -0.2) is 25.3 Å². The number of hydrogen-bond acceptors (Lipinski definition) is 6. The summed E-state index contributed by atoms with van der Waals surface area (Å²) in [5.41, 5.74) is 1.80. The minimum absolute atomic E-state index is 0.0671. The van der Waals surface area contributed by atoms with Crippen LogP contribution in [0.4, 0.5) is 0 Å². The number of sulfonamides is 3. The van der Waals surface area contributed by atoms with Crippen molar-refractivity contribution in [3.05, 3.63) is 59.7 Å². The van der Waals surface area contributed by atoms with Crippen LogP contribution >= 0.6 is 0 Å². The number of benzene rings is 2. The summed E-state index contributed by atoms with van der Waals surface area (Å²) in [6.45, 7) is 3.19. The molecule has 0 unspecified atom stereocenters. The van der Waals surface area contributed by atoms with Gasteiger partial charge in [0.1, 0.15) is 0 Å². The third kappa shape index (κ3) is 6.00. The molecule has 1 aliphatic rings. The Morgan fingerprint density at radius 1 is 0.515 bits per heavy atom. The highest BCUT2D eigenvalue weighted by Gasteiger charge is 2.32. The average Bonchev–Trinajstić information content (AvgIpc) is 2.85. The van der Waals surface area contributed by atoms with E-state index in [-0.39, 0.29) is 49.1 Å². The van der Waals surface area contributed by atoms with E-state index >= 15 is 0 Å². The van der Waals surface area contributed by atoms with Crippen LogP contribution < -0.4 is 0 Å². The molecule has 3 rings (SSSR count). The van der Waals surface area contributed by atoms with E-state index < -0.39 is 30.1 Å². The van der Waals surface area contributed by atoms with Gasteiger partial charge in [0.15, 0.2) is 0 Å². The number of rotatable bonds is 5. The molecule has 2 aromatic rings. The van der Waals surface area contributed by atoms with E-state index in [1.807, 2.05) is 13.8 Å². The molecule has 1 saturated heterocycles. The lowest BCUT2D eigenvalue weighted by molar-refractivity contribution is 0.365. The van der Waals surface area contributed by atoms with Gasteiger partial charge in [0.2, 0.25) is 30.1 Å². The molecule has 1 fully saturated rings. The topological polar surface area (TPSA) is 112 Å². The first-order valence-electron chi connectivity index (χ1n) is 10.4. The van der Waals surface area contributed by atoms with E-state index in [1.54, 1.807) is 24.3 Å². The van der Waals surface area contributed by atoms with Crippen molar-refractivity contribution < 1.29 is 25.3 Å². The molecule has 0 saturated carbocycles. The summed E-state index contributed by atoms with van der Waals surface area (Å²) in [6, 6.07) is 12.7. The standard InChI is InChI=1S/C21H29N3O6S3/c1-18-4-8-20(9-5-18)32(27,28)23-14-12-22(31(3,25)26)13-15-24(17-16-23)33(29,30)21-10-6-19(2)7-11-21/h4-11H,12-17H2,1-3H3. The number of aryl methyl sites for hydroxylation is 2. The summed E-state index contributed by atoms with van der Waals surface area (Å²) in [6.07, 6.45) is 1.03. The molecule has 0 radical (unpaired) electrons. The maximum Gasteiger partial charge on any atom is 0.243 e. The Morgan fingerprint density at radius 3 is 1.06 bits per heavy atom. The Bertz CT molecular complexity index is 1200. The largest absolute Gasteiger partial charge is 0.243 e. The molecule has 1 heterocycles. The molecule has 2 aromatic carbocycles. The quantitative estimate of drug-likeness (QED) is 0.593. The first-order chi connectivity index (χ1) is 15.3. The van der Waals surface area contributed by atoms with Gasteiger partial charge in [0.25, 0.3) is 0 Å². The fourth-order valence-electron chi connectivity index (χ4n) is 3.54. The van der Waals surface area contributed by atoms with E-state index in [0.29, 0.717) is 0 Å². The second-order valence-electron chi connectivity index (χ2n) is 8.10. The predicted octanol–water partition coefficient (Wildman–Crippen LogP) is 1.26. The van der Waals surface area contributed by atoms with Crippen LogP contribution in [-0.4, -0.2) is 83.7 Å². The zero-order chi connectivity index (χ0) is 24.4. The van der Waals surface area contributed by atoms with Gasteiger partial charge in [-0.3, -0.25) is 0 Å². The zero-order valence-corrected chi connectivity index (χ0v) is 21.3. The normalized spacial score (nSPS) is 18.4. The third-order valence-electron chi connectivity index (χ3n) is 5.58. The zero-order valence-electron chi connectivity index (χ0n) is 18.9. The number of nitrogens with zero attached hydrogens (tertiary/aromatic N) is 3. The van der Waals surface area contributed by atoms with E-state index in [1.165, 1.54) is 24.3 Å². The van der Waals surface area contributed by atoms with Crippen LogP contribution in [0.5, 0.6) is 0 Å². The van der Waals surface area contributed by atoms with E-state index in [9.17, 15) is 25.3 Å². The van der Waals surface area contributed by atoms with E-state index in [4.69, 9.17) is 0 Å². The van der Waals surface area contributed by atoms with Crippen LogP contribution in [0, 0.1) is 13.8 Å². The van der Waals surface area contributed by atoms with Gasteiger partial charge in [0, 0.05) is 39.3 Å². The molecule has 0 spiro atoms. The summed E-state index contributed by atoms with van der Waals surface area (Å²) >= 11 is 0. The lowest BCUT2D eigenvalue weighted by Gasteiger charge is -2.25. The van der Waals surface area contributed by atoms with Gasteiger partial charge >= 0.3 is 0 Å². The van der Waals surface area contributed by atoms with E-state index in [2.05, 4.69) is 0 Å². The van der Waals surface area contributed by atoms with Crippen LogP contribution in [0.2, 0.25) is 0 Å². The average molecular weight is 516 g/mol. The van der Waals surface area contributed by atoms with Crippen molar-refractivity contribution in [2.24, 2.45) is 0 Å². The maximum absolute atomic E-state index is 13.3. The monoisotopic (exact) mass is 515 g/mol.